The van der Waals surface area contributed by atoms with Crippen molar-refractivity contribution in [3.63, 3.8) is 0 Å². The number of amides is 4. The number of quaternary nitrogens is 1. The Balaban J connectivity index is 2.13. The summed E-state index contributed by atoms with van der Waals surface area (Å²) in [5.41, 5.74) is 0.241. The van der Waals surface area contributed by atoms with Crippen LogP contribution in [0.1, 0.15) is 13.8 Å². The smallest absolute Gasteiger partial charge is 0.334 e. The third-order valence-electron chi connectivity index (χ3n) is 4.14. The molecule has 0 radical (unpaired) electrons. The van der Waals surface area contributed by atoms with Crippen molar-refractivity contribution in [2.24, 2.45) is 10.9 Å². The fourth-order valence-electron chi connectivity index (χ4n) is 2.59. The number of carbonyl (C=O) groups excluding carboxylic acids is 3. The van der Waals surface area contributed by atoms with Gasteiger partial charge in [-0.3, -0.25) is 19.9 Å². The number of carbonyl (C=O) groups is 3. The monoisotopic (exact) mass is 365 g/mol. The third-order valence-corrected chi connectivity index (χ3v) is 4.46. The Morgan fingerprint density at radius 1 is 1.24 bits per heavy atom. The number of hydrogen-bond acceptors (Lipinski definition) is 4. The minimum absolute atomic E-state index is 0.241. The number of urea groups is 1. The second-order valence-corrected chi connectivity index (χ2v) is 6.07. The van der Waals surface area contributed by atoms with Crippen molar-refractivity contribution in [1.29, 1.82) is 0 Å². The first kappa shape index (κ1) is 19.1. The molecule has 2 N–H and O–H groups in total. The molecule has 0 aliphatic carbocycles. The van der Waals surface area contributed by atoms with Crippen molar-refractivity contribution < 1.29 is 19.3 Å². The zero-order valence-electron chi connectivity index (χ0n) is 14.3. The summed E-state index contributed by atoms with van der Waals surface area (Å²) in [6.45, 7) is 7.49. The molecule has 0 spiro atoms. The molecule has 1 saturated heterocycles. The molecule has 1 aromatic rings. The normalized spacial score (nSPS) is 18.3. The highest BCUT2D eigenvalue weighted by Gasteiger charge is 2.41. The highest BCUT2D eigenvalue weighted by molar-refractivity contribution is 6.38. The largest absolute Gasteiger partial charge is 0.335 e. The molecule has 7 nitrogen and oxygen atoms in total. The molecular formula is C17H22ClN4O3+. The van der Waals surface area contributed by atoms with Gasteiger partial charge in [-0.05, 0) is 26.0 Å². The molecule has 0 aromatic heterocycles. The van der Waals surface area contributed by atoms with Crippen LogP contribution in [0.4, 0.5) is 10.5 Å². The van der Waals surface area contributed by atoms with Gasteiger partial charge in [-0.15, -0.1) is 0 Å². The van der Waals surface area contributed by atoms with Gasteiger partial charge in [-0.1, -0.05) is 23.7 Å². The van der Waals surface area contributed by atoms with Gasteiger partial charge in [0.1, 0.15) is 0 Å². The van der Waals surface area contributed by atoms with E-state index in [9.17, 15) is 14.4 Å². The second kappa shape index (κ2) is 8.73. The lowest BCUT2D eigenvalue weighted by molar-refractivity contribution is -0.894. The fourth-order valence-corrected chi connectivity index (χ4v) is 2.81. The minimum atomic E-state index is -1.14. The zero-order valence-corrected chi connectivity index (χ0v) is 15.0. The molecule has 134 valence electrons. The Bertz CT molecular complexity index is 688. The quantitative estimate of drug-likeness (QED) is 0.546. The number of rotatable bonds is 7. The first-order valence-corrected chi connectivity index (χ1v) is 8.64. The Labute approximate surface area is 151 Å². The minimum Gasteiger partial charge on any atom is -0.334 e. The van der Waals surface area contributed by atoms with Crippen LogP contribution >= 0.6 is 11.6 Å². The molecule has 4 amide bonds. The summed E-state index contributed by atoms with van der Waals surface area (Å²) in [4.78, 5) is 43.2. The Hall–Kier alpha value is -2.25. The van der Waals surface area contributed by atoms with Gasteiger partial charge in [-0.25, -0.2) is 9.69 Å². The Morgan fingerprint density at radius 2 is 1.92 bits per heavy atom. The average molecular weight is 366 g/mol. The summed E-state index contributed by atoms with van der Waals surface area (Å²) in [6, 6.07) is 5.67. The molecule has 25 heavy (non-hydrogen) atoms. The molecule has 1 heterocycles. The lowest BCUT2D eigenvalue weighted by atomic mass is 10.1. The maximum atomic E-state index is 12.6. The van der Waals surface area contributed by atoms with Gasteiger partial charge in [0.2, 0.25) is 5.91 Å². The first-order valence-electron chi connectivity index (χ1n) is 8.26. The third kappa shape index (κ3) is 4.43. The predicted octanol–water partition coefficient (Wildman–Crippen LogP) is 0.534. The number of aliphatic imine (C=N–C) groups is 1. The van der Waals surface area contributed by atoms with Crippen LogP contribution in [0, 0.1) is 5.92 Å². The summed E-state index contributed by atoms with van der Waals surface area (Å²) in [5, 5.41) is 2.43. The van der Waals surface area contributed by atoms with Gasteiger partial charge in [0.05, 0.1) is 36.9 Å². The number of benzene rings is 1. The number of barbiturate groups is 1. The molecule has 0 saturated carbocycles. The van der Waals surface area contributed by atoms with Crippen LogP contribution in [0.25, 0.3) is 0 Å². The van der Waals surface area contributed by atoms with E-state index in [1.54, 1.807) is 24.3 Å². The van der Waals surface area contributed by atoms with E-state index in [2.05, 4.69) is 24.2 Å². The molecule has 1 unspecified atom stereocenters. The standard InChI is InChI=1S/C17H21ClN4O3/c1-3-21(4-2)10-9-19-11-12-15(23)20-17(25)22(16(12)24)14-8-6-5-7-13(14)18/h5-8,11-12H,3-4,9-10H2,1-2H3,(H,20,23,25)/p+1. The Morgan fingerprint density at radius 3 is 2.56 bits per heavy atom. The van der Waals surface area contributed by atoms with E-state index in [0.29, 0.717) is 6.54 Å². The van der Waals surface area contributed by atoms with Crippen molar-refractivity contribution in [2.75, 3.05) is 31.1 Å². The van der Waals surface area contributed by atoms with E-state index in [4.69, 9.17) is 11.6 Å². The van der Waals surface area contributed by atoms with E-state index >= 15 is 0 Å². The van der Waals surface area contributed by atoms with Crippen molar-refractivity contribution >= 4 is 41.3 Å². The van der Waals surface area contributed by atoms with Gasteiger partial charge in [-0.2, -0.15) is 0 Å². The molecular weight excluding hydrogens is 344 g/mol. The van der Waals surface area contributed by atoms with Gasteiger partial charge in [0.15, 0.2) is 5.92 Å². The van der Waals surface area contributed by atoms with Crippen LogP contribution in [0.15, 0.2) is 29.3 Å². The van der Waals surface area contributed by atoms with E-state index in [1.165, 1.54) is 11.1 Å². The van der Waals surface area contributed by atoms with Crippen LogP contribution in [-0.2, 0) is 9.59 Å². The van der Waals surface area contributed by atoms with Crippen LogP contribution in [-0.4, -0.2) is 50.2 Å². The zero-order chi connectivity index (χ0) is 18.4. The molecule has 1 aromatic carbocycles. The van der Waals surface area contributed by atoms with Crippen LogP contribution in [0.2, 0.25) is 5.02 Å². The predicted molar refractivity (Wildman–Crippen MR) is 96.2 cm³/mol. The van der Waals surface area contributed by atoms with E-state index in [1.807, 2.05) is 0 Å². The fraction of sp³-hybridized carbons (Fsp3) is 0.412. The summed E-state index contributed by atoms with van der Waals surface area (Å²) < 4.78 is 0. The molecule has 1 aliphatic rings. The average Bonchev–Trinajstić information content (AvgIpc) is 2.59. The number of para-hydroxylation sites is 1. The van der Waals surface area contributed by atoms with Gasteiger partial charge >= 0.3 is 6.03 Å². The van der Waals surface area contributed by atoms with E-state index < -0.39 is 23.8 Å². The SMILES string of the molecule is CC[NH+](CC)CCN=CC1C(=O)NC(=O)N(c2ccccc2Cl)C1=O. The number of halogens is 1. The van der Waals surface area contributed by atoms with Crippen molar-refractivity contribution in [2.45, 2.75) is 13.8 Å². The number of nitrogens with one attached hydrogen (secondary N) is 2. The topological polar surface area (TPSA) is 83.3 Å². The van der Waals surface area contributed by atoms with Crippen LogP contribution in [0.5, 0.6) is 0 Å². The molecule has 1 aliphatic heterocycles. The number of nitrogens with zero attached hydrogens (tertiary/aromatic N) is 2. The number of anilines is 1. The number of likely N-dealkylation sites (N-methyl/N-ethyl adjacent to an activating group) is 1. The molecule has 1 atom stereocenters. The van der Waals surface area contributed by atoms with Gasteiger partial charge < -0.3 is 4.90 Å². The molecule has 2 rings (SSSR count). The van der Waals surface area contributed by atoms with Crippen molar-refractivity contribution in [1.82, 2.24) is 5.32 Å². The van der Waals surface area contributed by atoms with E-state index in [-0.39, 0.29) is 10.7 Å². The van der Waals surface area contributed by atoms with Crippen molar-refractivity contribution in [3.05, 3.63) is 29.3 Å². The van der Waals surface area contributed by atoms with Crippen LogP contribution in [0.3, 0.4) is 0 Å². The highest BCUT2D eigenvalue weighted by Crippen LogP contribution is 2.27. The van der Waals surface area contributed by atoms with Crippen LogP contribution < -0.4 is 15.1 Å². The first-order chi connectivity index (χ1) is 12.0. The van der Waals surface area contributed by atoms with E-state index in [0.717, 1.165) is 24.5 Å². The summed E-state index contributed by atoms with van der Waals surface area (Å²) in [6.07, 6.45) is 1.32. The van der Waals surface area contributed by atoms with Gasteiger partial charge in [0, 0.05) is 6.21 Å². The number of imide groups is 2. The molecule has 8 heteroatoms. The second-order valence-electron chi connectivity index (χ2n) is 5.66. The molecule has 0 bridgehead atoms. The summed E-state index contributed by atoms with van der Waals surface area (Å²) in [5.74, 6) is -2.46. The maximum Gasteiger partial charge on any atom is 0.335 e. The lowest BCUT2D eigenvalue weighted by Gasteiger charge is -2.29. The summed E-state index contributed by atoms with van der Waals surface area (Å²) >= 11 is 6.07. The maximum absolute atomic E-state index is 12.6. The summed E-state index contributed by atoms with van der Waals surface area (Å²) in [7, 11) is 0. The van der Waals surface area contributed by atoms with Crippen molar-refractivity contribution in [3.8, 4) is 0 Å². The molecule has 1 fully saturated rings. The number of hydrogen-bond donors (Lipinski definition) is 2. The lowest BCUT2D eigenvalue weighted by Crippen LogP contribution is -3.11. The van der Waals surface area contributed by atoms with Gasteiger partial charge in [0.25, 0.3) is 5.91 Å². The Kier molecular flexibility index (Phi) is 6.66. The highest BCUT2D eigenvalue weighted by atomic mass is 35.5.